The molecule has 0 aromatic heterocycles. The number of thiol groups is 1. The Balaban J connectivity index is 1.69. The van der Waals surface area contributed by atoms with Gasteiger partial charge in [0.25, 0.3) is 0 Å². The van der Waals surface area contributed by atoms with Crippen LogP contribution in [-0.4, -0.2) is 42.2 Å². The zero-order valence-corrected chi connectivity index (χ0v) is 11.6. The van der Waals surface area contributed by atoms with Gasteiger partial charge in [-0.25, -0.2) is 0 Å². The minimum absolute atomic E-state index is 0.222. The van der Waals surface area contributed by atoms with Crippen LogP contribution >= 0.6 is 12.6 Å². The highest BCUT2D eigenvalue weighted by atomic mass is 32.1. The van der Waals surface area contributed by atoms with Crippen molar-refractivity contribution >= 4 is 18.5 Å². The maximum atomic E-state index is 11.8. The molecule has 4 heteroatoms. The minimum atomic E-state index is 0.222. The lowest BCUT2D eigenvalue weighted by molar-refractivity contribution is -0.122. The number of likely N-dealkylation sites (tertiary alicyclic amines) is 1. The first-order valence-corrected chi connectivity index (χ1v) is 7.44. The van der Waals surface area contributed by atoms with E-state index in [4.69, 9.17) is 0 Å². The molecule has 1 saturated heterocycles. The Hall–Kier alpha value is -0.220. The van der Waals surface area contributed by atoms with Crippen LogP contribution in [-0.2, 0) is 4.79 Å². The molecule has 1 amide bonds. The molecular weight excluding hydrogens is 232 g/mol. The maximum Gasteiger partial charge on any atom is 0.220 e. The van der Waals surface area contributed by atoms with Gasteiger partial charge in [0.05, 0.1) is 0 Å². The molecule has 2 fully saturated rings. The highest BCUT2D eigenvalue weighted by Crippen LogP contribution is 2.49. The van der Waals surface area contributed by atoms with Crippen LogP contribution in [0.2, 0.25) is 0 Å². The van der Waals surface area contributed by atoms with Crippen molar-refractivity contribution < 1.29 is 4.79 Å². The summed E-state index contributed by atoms with van der Waals surface area (Å²) in [5.74, 6) is 1.07. The Bertz CT molecular complexity index is 279. The zero-order valence-electron chi connectivity index (χ0n) is 10.7. The van der Waals surface area contributed by atoms with E-state index in [0.29, 0.717) is 12.5 Å². The first kappa shape index (κ1) is 13.2. The third-order valence-electron chi connectivity index (χ3n) is 4.27. The third kappa shape index (κ3) is 3.38. The van der Waals surface area contributed by atoms with E-state index in [9.17, 15) is 4.79 Å². The Kier molecular flexibility index (Phi) is 4.36. The highest BCUT2D eigenvalue weighted by Gasteiger charge is 2.42. The molecule has 0 bridgehead atoms. The van der Waals surface area contributed by atoms with Gasteiger partial charge in [-0.3, -0.25) is 9.69 Å². The van der Waals surface area contributed by atoms with Crippen molar-refractivity contribution in [1.82, 2.24) is 10.2 Å². The summed E-state index contributed by atoms with van der Waals surface area (Å²) < 4.78 is 0. The minimum Gasteiger partial charge on any atom is -0.355 e. The van der Waals surface area contributed by atoms with Crippen molar-refractivity contribution in [2.45, 2.75) is 45.1 Å². The van der Waals surface area contributed by atoms with E-state index in [-0.39, 0.29) is 11.3 Å². The molecule has 1 aliphatic heterocycles. The van der Waals surface area contributed by atoms with Crippen molar-refractivity contribution in [3.05, 3.63) is 0 Å². The summed E-state index contributed by atoms with van der Waals surface area (Å²) in [4.78, 5) is 14.3. The SMILES string of the molecule is CCN1CCCC1CNC(=O)CC1(CS)CC1. The van der Waals surface area contributed by atoms with Crippen LogP contribution in [0.15, 0.2) is 0 Å². The lowest BCUT2D eigenvalue weighted by atomic mass is 10.1. The molecular formula is C13H24N2OS. The average molecular weight is 256 g/mol. The third-order valence-corrected chi connectivity index (χ3v) is 4.94. The monoisotopic (exact) mass is 256 g/mol. The Labute approximate surface area is 110 Å². The summed E-state index contributed by atoms with van der Waals surface area (Å²) in [7, 11) is 0. The van der Waals surface area contributed by atoms with Crippen LogP contribution in [0.4, 0.5) is 0 Å². The molecule has 1 atom stereocenters. The van der Waals surface area contributed by atoms with Crippen LogP contribution in [0.1, 0.15) is 39.0 Å². The van der Waals surface area contributed by atoms with E-state index in [2.05, 4.69) is 29.8 Å². The van der Waals surface area contributed by atoms with Crippen molar-refractivity contribution in [3.63, 3.8) is 0 Å². The van der Waals surface area contributed by atoms with E-state index < -0.39 is 0 Å². The first-order chi connectivity index (χ1) is 8.19. The summed E-state index contributed by atoms with van der Waals surface area (Å²) in [6.45, 7) is 5.31. The number of hydrogen-bond acceptors (Lipinski definition) is 3. The summed E-state index contributed by atoms with van der Waals surface area (Å²) in [6.07, 6.45) is 5.53. The second-order valence-corrected chi connectivity index (χ2v) is 5.88. The molecule has 3 nitrogen and oxygen atoms in total. The van der Waals surface area contributed by atoms with Crippen molar-refractivity contribution in [2.24, 2.45) is 5.41 Å². The number of carbonyl (C=O) groups is 1. The van der Waals surface area contributed by atoms with E-state index in [1.54, 1.807) is 0 Å². The van der Waals surface area contributed by atoms with E-state index >= 15 is 0 Å². The highest BCUT2D eigenvalue weighted by molar-refractivity contribution is 7.80. The fraction of sp³-hybridized carbons (Fsp3) is 0.923. The zero-order chi connectivity index (χ0) is 12.3. The smallest absolute Gasteiger partial charge is 0.220 e. The number of carbonyl (C=O) groups excluding carboxylic acids is 1. The van der Waals surface area contributed by atoms with Gasteiger partial charge in [-0.05, 0) is 49.9 Å². The molecule has 1 N–H and O–H groups in total. The second-order valence-electron chi connectivity index (χ2n) is 5.56. The van der Waals surface area contributed by atoms with E-state index in [0.717, 1.165) is 18.8 Å². The predicted octanol–water partition coefficient (Wildman–Crippen LogP) is 1.69. The predicted molar refractivity (Wildman–Crippen MR) is 73.4 cm³/mol. The molecule has 2 rings (SSSR count). The molecule has 2 aliphatic rings. The molecule has 0 spiro atoms. The molecule has 98 valence electrons. The normalized spacial score (nSPS) is 27.1. The second kappa shape index (κ2) is 5.61. The number of nitrogens with one attached hydrogen (secondary N) is 1. The maximum absolute atomic E-state index is 11.8. The van der Waals surface area contributed by atoms with Gasteiger partial charge < -0.3 is 5.32 Å². The van der Waals surface area contributed by atoms with Gasteiger partial charge in [-0.15, -0.1) is 0 Å². The summed E-state index contributed by atoms with van der Waals surface area (Å²) in [5, 5.41) is 3.10. The summed E-state index contributed by atoms with van der Waals surface area (Å²) in [6, 6.07) is 0.565. The fourth-order valence-electron chi connectivity index (χ4n) is 2.74. The van der Waals surface area contributed by atoms with Gasteiger partial charge in [-0.2, -0.15) is 12.6 Å². The fourth-order valence-corrected chi connectivity index (χ4v) is 3.17. The lowest BCUT2D eigenvalue weighted by Crippen LogP contribution is -2.40. The van der Waals surface area contributed by atoms with Crippen LogP contribution in [0.5, 0.6) is 0 Å². The Morgan fingerprint density at radius 1 is 1.53 bits per heavy atom. The van der Waals surface area contributed by atoms with Gasteiger partial charge in [0, 0.05) is 19.0 Å². The molecule has 17 heavy (non-hydrogen) atoms. The molecule has 1 heterocycles. The largest absolute Gasteiger partial charge is 0.355 e. The number of nitrogens with zero attached hydrogens (tertiary/aromatic N) is 1. The van der Waals surface area contributed by atoms with Crippen LogP contribution < -0.4 is 5.32 Å². The molecule has 0 aromatic carbocycles. The van der Waals surface area contributed by atoms with Crippen LogP contribution in [0.3, 0.4) is 0 Å². The standard InChI is InChI=1S/C13H24N2OS/c1-2-15-7-3-4-11(15)9-14-12(16)8-13(10-17)5-6-13/h11,17H,2-10H2,1H3,(H,14,16). The summed E-state index contributed by atoms with van der Waals surface area (Å²) in [5.41, 5.74) is 0.243. The number of likely N-dealkylation sites (N-methyl/N-ethyl adjacent to an activating group) is 1. The van der Waals surface area contributed by atoms with E-state index in [1.165, 1.54) is 32.2 Å². The lowest BCUT2D eigenvalue weighted by Gasteiger charge is -2.23. The van der Waals surface area contributed by atoms with Gasteiger partial charge in [-0.1, -0.05) is 6.92 Å². The molecule has 0 radical (unpaired) electrons. The van der Waals surface area contributed by atoms with Crippen molar-refractivity contribution in [3.8, 4) is 0 Å². The Morgan fingerprint density at radius 3 is 2.88 bits per heavy atom. The van der Waals surface area contributed by atoms with Gasteiger partial charge in [0.2, 0.25) is 5.91 Å². The van der Waals surface area contributed by atoms with Gasteiger partial charge in [0.1, 0.15) is 0 Å². The quantitative estimate of drug-likeness (QED) is 0.709. The van der Waals surface area contributed by atoms with Crippen LogP contribution in [0, 0.1) is 5.41 Å². The van der Waals surface area contributed by atoms with Crippen LogP contribution in [0.25, 0.3) is 0 Å². The molecule has 0 aromatic rings. The van der Waals surface area contributed by atoms with Crippen molar-refractivity contribution in [2.75, 3.05) is 25.4 Å². The number of hydrogen-bond donors (Lipinski definition) is 2. The van der Waals surface area contributed by atoms with Gasteiger partial charge in [0.15, 0.2) is 0 Å². The van der Waals surface area contributed by atoms with Gasteiger partial charge >= 0.3 is 0 Å². The molecule has 1 unspecified atom stereocenters. The topological polar surface area (TPSA) is 32.3 Å². The molecule has 1 aliphatic carbocycles. The average Bonchev–Trinajstić information content (AvgIpc) is 2.95. The molecule has 1 saturated carbocycles. The number of rotatable bonds is 6. The van der Waals surface area contributed by atoms with Crippen molar-refractivity contribution in [1.29, 1.82) is 0 Å². The first-order valence-electron chi connectivity index (χ1n) is 6.81. The van der Waals surface area contributed by atoms with E-state index in [1.807, 2.05) is 0 Å². The number of amides is 1. The Morgan fingerprint density at radius 2 is 2.29 bits per heavy atom. The summed E-state index contributed by atoms with van der Waals surface area (Å²) >= 11 is 4.33.